The summed E-state index contributed by atoms with van der Waals surface area (Å²) >= 11 is 0. The van der Waals surface area contributed by atoms with Crippen LogP contribution in [0.3, 0.4) is 0 Å². The number of nitrogens with zero attached hydrogens (tertiary/aromatic N) is 2. The Labute approximate surface area is 100 Å². The van der Waals surface area contributed by atoms with Crippen LogP contribution in [0.4, 0.5) is 0 Å². The van der Waals surface area contributed by atoms with Crippen LogP contribution in [-0.4, -0.2) is 61.7 Å². The van der Waals surface area contributed by atoms with Gasteiger partial charge in [-0.1, -0.05) is 26.7 Å². The highest BCUT2D eigenvalue weighted by atomic mass is 15.3. The maximum absolute atomic E-state index is 3.67. The van der Waals surface area contributed by atoms with Crippen molar-refractivity contribution in [3.63, 3.8) is 0 Å². The molecule has 1 atom stereocenters. The molecular weight excluding hydrogens is 198 g/mol. The zero-order chi connectivity index (χ0) is 11.4. The fraction of sp³-hybridized carbons (Fsp3) is 1.00. The third kappa shape index (κ3) is 2.96. The fourth-order valence-corrected chi connectivity index (χ4v) is 2.95. The van der Waals surface area contributed by atoms with E-state index >= 15 is 0 Å². The second kappa shape index (κ2) is 5.99. The fourth-order valence-electron chi connectivity index (χ4n) is 2.95. The first-order chi connectivity index (χ1) is 7.83. The van der Waals surface area contributed by atoms with Gasteiger partial charge in [0.2, 0.25) is 0 Å². The van der Waals surface area contributed by atoms with Gasteiger partial charge in [-0.05, 0) is 12.5 Å². The summed E-state index contributed by atoms with van der Waals surface area (Å²) in [6.07, 6.45) is 2.62. The molecule has 3 aliphatic rings. The van der Waals surface area contributed by atoms with E-state index < -0.39 is 0 Å². The minimum Gasteiger partial charge on any atom is -0.315 e. The number of hydrogen-bond acceptors (Lipinski definition) is 3. The van der Waals surface area contributed by atoms with E-state index in [1.807, 2.05) is 0 Å². The highest BCUT2D eigenvalue weighted by Gasteiger charge is 2.31. The lowest BCUT2D eigenvalue weighted by atomic mass is 10.0. The molecule has 2 bridgehead atoms. The first-order valence-electron chi connectivity index (χ1n) is 7.00. The van der Waals surface area contributed by atoms with Crippen molar-refractivity contribution >= 4 is 0 Å². The van der Waals surface area contributed by atoms with Gasteiger partial charge in [0.1, 0.15) is 0 Å². The summed E-state index contributed by atoms with van der Waals surface area (Å²) in [5.41, 5.74) is 0. The van der Waals surface area contributed by atoms with Gasteiger partial charge in [0.05, 0.1) is 0 Å². The van der Waals surface area contributed by atoms with Crippen LogP contribution < -0.4 is 5.32 Å². The van der Waals surface area contributed by atoms with E-state index in [1.54, 1.807) is 0 Å². The van der Waals surface area contributed by atoms with Crippen molar-refractivity contribution < 1.29 is 0 Å². The molecule has 0 aliphatic carbocycles. The molecule has 1 unspecified atom stereocenters. The molecule has 94 valence electrons. The predicted octanol–water partition coefficient (Wildman–Crippen LogP) is 1.01. The molecule has 16 heavy (non-hydrogen) atoms. The molecule has 3 heteroatoms. The van der Waals surface area contributed by atoms with Crippen LogP contribution in [0.2, 0.25) is 0 Å². The standard InChI is InChI=1S/C13H27N3/c1-3-12(4-2)9-14-10-13-11-15-5-7-16(13)8-6-15/h12-14H,3-11H2,1-2H3. The number of rotatable bonds is 6. The smallest absolute Gasteiger partial charge is 0.0349 e. The van der Waals surface area contributed by atoms with E-state index in [9.17, 15) is 0 Å². The van der Waals surface area contributed by atoms with Gasteiger partial charge in [0.15, 0.2) is 0 Å². The Kier molecular flexibility index (Phi) is 4.62. The van der Waals surface area contributed by atoms with E-state index in [0.29, 0.717) is 0 Å². The summed E-state index contributed by atoms with van der Waals surface area (Å²) in [5.74, 6) is 0.871. The van der Waals surface area contributed by atoms with Gasteiger partial charge in [-0.3, -0.25) is 9.80 Å². The normalized spacial score (nSPS) is 33.6. The van der Waals surface area contributed by atoms with Crippen LogP contribution in [0, 0.1) is 5.92 Å². The van der Waals surface area contributed by atoms with E-state index in [1.165, 1.54) is 58.7 Å². The summed E-state index contributed by atoms with van der Waals surface area (Å²) in [7, 11) is 0. The third-order valence-corrected chi connectivity index (χ3v) is 4.36. The molecule has 3 fully saturated rings. The van der Waals surface area contributed by atoms with Crippen molar-refractivity contribution in [2.75, 3.05) is 45.8 Å². The highest BCUT2D eigenvalue weighted by Crippen LogP contribution is 2.15. The number of fused-ring (bicyclic) bond motifs is 3. The second-order valence-electron chi connectivity index (χ2n) is 5.33. The Morgan fingerprint density at radius 1 is 1.12 bits per heavy atom. The number of piperazine rings is 3. The van der Waals surface area contributed by atoms with Crippen molar-refractivity contribution in [2.24, 2.45) is 5.92 Å². The number of hydrogen-bond donors (Lipinski definition) is 1. The van der Waals surface area contributed by atoms with Gasteiger partial charge >= 0.3 is 0 Å². The van der Waals surface area contributed by atoms with Crippen molar-refractivity contribution in [1.82, 2.24) is 15.1 Å². The van der Waals surface area contributed by atoms with Crippen LogP contribution in [0.1, 0.15) is 26.7 Å². The van der Waals surface area contributed by atoms with Gasteiger partial charge in [-0.2, -0.15) is 0 Å². The van der Waals surface area contributed by atoms with E-state index in [4.69, 9.17) is 0 Å². The van der Waals surface area contributed by atoms with Crippen LogP contribution >= 0.6 is 0 Å². The van der Waals surface area contributed by atoms with E-state index in [-0.39, 0.29) is 0 Å². The third-order valence-electron chi connectivity index (χ3n) is 4.36. The summed E-state index contributed by atoms with van der Waals surface area (Å²) in [6.45, 7) is 13.4. The Bertz CT molecular complexity index is 195. The predicted molar refractivity (Wildman–Crippen MR) is 68.7 cm³/mol. The number of nitrogens with one attached hydrogen (secondary N) is 1. The largest absolute Gasteiger partial charge is 0.315 e. The Balaban J connectivity index is 1.66. The molecule has 3 rings (SSSR count). The molecule has 0 aromatic heterocycles. The second-order valence-corrected chi connectivity index (χ2v) is 5.33. The average molecular weight is 225 g/mol. The van der Waals surface area contributed by atoms with Gasteiger partial charge in [-0.25, -0.2) is 0 Å². The summed E-state index contributed by atoms with van der Waals surface area (Å²) in [5, 5.41) is 3.67. The molecule has 0 radical (unpaired) electrons. The average Bonchev–Trinajstić information content (AvgIpc) is 2.36. The van der Waals surface area contributed by atoms with Gasteiger partial charge < -0.3 is 5.32 Å². The molecule has 0 spiro atoms. The van der Waals surface area contributed by atoms with Crippen molar-refractivity contribution in [2.45, 2.75) is 32.7 Å². The van der Waals surface area contributed by atoms with E-state index in [2.05, 4.69) is 29.0 Å². The molecule has 0 aromatic rings. The molecule has 3 heterocycles. The van der Waals surface area contributed by atoms with Crippen molar-refractivity contribution in [3.05, 3.63) is 0 Å². The maximum Gasteiger partial charge on any atom is 0.0349 e. The lowest BCUT2D eigenvalue weighted by Gasteiger charge is -2.47. The van der Waals surface area contributed by atoms with Crippen molar-refractivity contribution in [3.8, 4) is 0 Å². The topological polar surface area (TPSA) is 18.5 Å². The van der Waals surface area contributed by atoms with Crippen LogP contribution in [0.25, 0.3) is 0 Å². The molecule has 3 aliphatic heterocycles. The van der Waals surface area contributed by atoms with Gasteiger partial charge in [0, 0.05) is 45.3 Å². The SMILES string of the molecule is CCC(CC)CNCC1CN2CCN1CC2. The molecule has 0 amide bonds. The van der Waals surface area contributed by atoms with Gasteiger partial charge in [-0.15, -0.1) is 0 Å². The minimum atomic E-state index is 0.775. The van der Waals surface area contributed by atoms with Gasteiger partial charge in [0.25, 0.3) is 0 Å². The lowest BCUT2D eigenvalue weighted by molar-refractivity contribution is 0.0134. The Morgan fingerprint density at radius 3 is 2.31 bits per heavy atom. The van der Waals surface area contributed by atoms with Crippen LogP contribution in [0.5, 0.6) is 0 Å². The Hall–Kier alpha value is -0.120. The first-order valence-corrected chi connectivity index (χ1v) is 7.00. The molecule has 0 aromatic carbocycles. The molecular formula is C13H27N3. The van der Waals surface area contributed by atoms with Crippen LogP contribution in [-0.2, 0) is 0 Å². The van der Waals surface area contributed by atoms with Crippen LogP contribution in [0.15, 0.2) is 0 Å². The summed E-state index contributed by atoms with van der Waals surface area (Å²) in [4.78, 5) is 5.28. The van der Waals surface area contributed by atoms with Crippen molar-refractivity contribution in [1.29, 1.82) is 0 Å². The summed E-state index contributed by atoms with van der Waals surface area (Å²) < 4.78 is 0. The summed E-state index contributed by atoms with van der Waals surface area (Å²) in [6, 6.07) is 0.775. The molecule has 3 saturated heterocycles. The highest BCUT2D eigenvalue weighted by molar-refractivity contribution is 4.89. The lowest BCUT2D eigenvalue weighted by Crippen LogP contribution is -2.63. The minimum absolute atomic E-state index is 0.775. The Morgan fingerprint density at radius 2 is 1.81 bits per heavy atom. The molecule has 3 nitrogen and oxygen atoms in total. The monoisotopic (exact) mass is 225 g/mol. The zero-order valence-electron chi connectivity index (χ0n) is 10.9. The van der Waals surface area contributed by atoms with E-state index in [0.717, 1.165) is 12.0 Å². The zero-order valence-corrected chi connectivity index (χ0v) is 10.9. The molecule has 1 N–H and O–H groups in total. The maximum atomic E-state index is 3.67. The first kappa shape index (κ1) is 12.3. The molecule has 0 saturated carbocycles. The quantitative estimate of drug-likeness (QED) is 0.728.